The average molecular weight is 347 g/mol. The summed E-state index contributed by atoms with van der Waals surface area (Å²) in [5.74, 6) is -0.479. The number of nitrogens with one attached hydrogen (secondary N) is 2. The van der Waals surface area contributed by atoms with Crippen molar-refractivity contribution in [2.45, 2.75) is 19.4 Å². The summed E-state index contributed by atoms with van der Waals surface area (Å²) in [4.78, 5) is 12.2. The molecule has 2 N–H and O–H groups in total. The number of amides is 1. The molecule has 3 nitrogen and oxygen atoms in total. The fourth-order valence-electron chi connectivity index (χ4n) is 3.04. The predicted molar refractivity (Wildman–Crippen MR) is 94.8 cm³/mol. The first-order valence-electron chi connectivity index (χ1n) is 8.10. The van der Waals surface area contributed by atoms with E-state index in [1.165, 1.54) is 12.1 Å². The second-order valence-electron chi connectivity index (χ2n) is 6.32. The molecular weight excluding hydrogens is 327 g/mol. The largest absolute Gasteiger partial charge is 0.352 e. The minimum Gasteiger partial charge on any atom is -0.352 e. The van der Waals surface area contributed by atoms with Crippen LogP contribution in [0.5, 0.6) is 0 Å². The first-order chi connectivity index (χ1) is 11.5. The Morgan fingerprint density at radius 1 is 1.25 bits per heavy atom. The summed E-state index contributed by atoms with van der Waals surface area (Å²) in [5.41, 5.74) is 1.65. The number of carbonyl (C=O) groups excluding carboxylic acids is 1. The van der Waals surface area contributed by atoms with Gasteiger partial charge in [0.2, 0.25) is 0 Å². The molecule has 0 spiro atoms. The molecule has 3 rings (SSSR count). The van der Waals surface area contributed by atoms with Gasteiger partial charge >= 0.3 is 0 Å². The van der Waals surface area contributed by atoms with Gasteiger partial charge < -0.3 is 10.6 Å². The SMILES string of the molecule is CC1CC(CNC(=O)c2ccc(-c3ccc(Cl)cc3)cc2F)CN1. The van der Waals surface area contributed by atoms with Crippen LogP contribution in [0.4, 0.5) is 4.39 Å². The topological polar surface area (TPSA) is 41.1 Å². The molecule has 1 aliphatic heterocycles. The van der Waals surface area contributed by atoms with Gasteiger partial charge in [0.15, 0.2) is 0 Å². The quantitative estimate of drug-likeness (QED) is 0.882. The monoisotopic (exact) mass is 346 g/mol. The molecule has 5 heteroatoms. The van der Waals surface area contributed by atoms with Crippen molar-refractivity contribution in [1.82, 2.24) is 10.6 Å². The molecule has 2 atom stereocenters. The van der Waals surface area contributed by atoms with Gasteiger partial charge in [-0.25, -0.2) is 4.39 Å². The molecule has 2 unspecified atom stereocenters. The summed E-state index contributed by atoms with van der Waals surface area (Å²) in [6.07, 6.45) is 1.03. The van der Waals surface area contributed by atoms with Gasteiger partial charge in [-0.2, -0.15) is 0 Å². The zero-order valence-electron chi connectivity index (χ0n) is 13.5. The minimum atomic E-state index is -0.516. The minimum absolute atomic E-state index is 0.0757. The molecule has 1 amide bonds. The fraction of sp³-hybridized carbons (Fsp3) is 0.316. The van der Waals surface area contributed by atoms with Gasteiger partial charge in [-0.15, -0.1) is 0 Å². The Balaban J connectivity index is 1.67. The molecule has 0 aliphatic carbocycles. The van der Waals surface area contributed by atoms with E-state index in [4.69, 9.17) is 11.6 Å². The Morgan fingerprint density at radius 3 is 2.58 bits per heavy atom. The van der Waals surface area contributed by atoms with Crippen molar-refractivity contribution in [3.05, 3.63) is 58.9 Å². The van der Waals surface area contributed by atoms with E-state index < -0.39 is 5.82 Å². The molecular formula is C19H20ClFN2O. The van der Waals surface area contributed by atoms with Gasteiger partial charge in [-0.3, -0.25) is 4.79 Å². The van der Waals surface area contributed by atoms with Gasteiger partial charge in [0.05, 0.1) is 5.56 Å². The van der Waals surface area contributed by atoms with Crippen molar-refractivity contribution in [2.75, 3.05) is 13.1 Å². The third-order valence-corrected chi connectivity index (χ3v) is 4.64. The number of halogens is 2. The van der Waals surface area contributed by atoms with E-state index in [-0.39, 0.29) is 11.5 Å². The molecule has 0 bridgehead atoms. The van der Waals surface area contributed by atoms with Crippen LogP contribution in [0.3, 0.4) is 0 Å². The fourth-order valence-corrected chi connectivity index (χ4v) is 3.17. The van der Waals surface area contributed by atoms with E-state index in [9.17, 15) is 9.18 Å². The molecule has 1 fully saturated rings. The maximum Gasteiger partial charge on any atom is 0.254 e. The van der Waals surface area contributed by atoms with Gasteiger partial charge in [-0.1, -0.05) is 29.8 Å². The summed E-state index contributed by atoms with van der Waals surface area (Å²) < 4.78 is 14.3. The van der Waals surface area contributed by atoms with Crippen molar-refractivity contribution in [1.29, 1.82) is 0 Å². The Labute approximate surface area is 146 Å². The highest BCUT2D eigenvalue weighted by Crippen LogP contribution is 2.23. The molecule has 2 aromatic carbocycles. The standard InChI is InChI=1S/C19H20ClFN2O/c1-12-8-13(10-22-12)11-23-19(24)17-7-4-15(9-18(17)21)14-2-5-16(20)6-3-14/h2-7,9,12-13,22H,8,10-11H2,1H3,(H,23,24). The highest BCUT2D eigenvalue weighted by Gasteiger charge is 2.21. The van der Waals surface area contributed by atoms with Crippen LogP contribution in [-0.4, -0.2) is 25.0 Å². The van der Waals surface area contributed by atoms with E-state index in [2.05, 4.69) is 17.6 Å². The Hall–Kier alpha value is -1.91. The summed E-state index contributed by atoms with van der Waals surface area (Å²) in [7, 11) is 0. The van der Waals surface area contributed by atoms with Crippen LogP contribution < -0.4 is 10.6 Å². The molecule has 2 aromatic rings. The lowest BCUT2D eigenvalue weighted by Crippen LogP contribution is -2.30. The number of benzene rings is 2. The number of hydrogen-bond donors (Lipinski definition) is 2. The normalized spacial score (nSPS) is 20.1. The number of hydrogen-bond acceptors (Lipinski definition) is 2. The third-order valence-electron chi connectivity index (χ3n) is 4.38. The van der Waals surface area contributed by atoms with Gasteiger partial charge in [-0.05, 0) is 61.2 Å². The van der Waals surface area contributed by atoms with Crippen LogP contribution in [0.25, 0.3) is 11.1 Å². The number of carbonyl (C=O) groups is 1. The maximum absolute atomic E-state index is 14.3. The summed E-state index contributed by atoms with van der Waals surface area (Å²) in [5, 5.41) is 6.80. The van der Waals surface area contributed by atoms with E-state index in [0.717, 1.165) is 24.1 Å². The lowest BCUT2D eigenvalue weighted by atomic mass is 10.0. The van der Waals surface area contributed by atoms with Gasteiger partial charge in [0.25, 0.3) is 5.91 Å². The van der Waals surface area contributed by atoms with Crippen LogP contribution in [0.15, 0.2) is 42.5 Å². The van der Waals surface area contributed by atoms with Crippen LogP contribution in [0, 0.1) is 11.7 Å². The van der Waals surface area contributed by atoms with Gasteiger partial charge in [0, 0.05) is 17.6 Å². The molecule has 1 aliphatic rings. The summed E-state index contributed by atoms with van der Waals surface area (Å²) in [6, 6.07) is 12.3. The molecule has 1 saturated heterocycles. The second-order valence-corrected chi connectivity index (χ2v) is 6.76. The van der Waals surface area contributed by atoms with Crippen molar-refractivity contribution in [3.8, 4) is 11.1 Å². The zero-order valence-corrected chi connectivity index (χ0v) is 14.2. The van der Waals surface area contributed by atoms with Crippen molar-refractivity contribution >= 4 is 17.5 Å². The third kappa shape index (κ3) is 3.94. The van der Waals surface area contributed by atoms with Crippen LogP contribution in [0.2, 0.25) is 5.02 Å². The molecule has 0 aromatic heterocycles. The Kier molecular flexibility index (Phi) is 5.17. The molecule has 0 radical (unpaired) electrons. The first kappa shape index (κ1) is 16.9. The molecule has 24 heavy (non-hydrogen) atoms. The van der Waals surface area contributed by atoms with Crippen molar-refractivity contribution < 1.29 is 9.18 Å². The Morgan fingerprint density at radius 2 is 1.96 bits per heavy atom. The summed E-state index contributed by atoms with van der Waals surface area (Å²) >= 11 is 5.86. The highest BCUT2D eigenvalue weighted by atomic mass is 35.5. The smallest absolute Gasteiger partial charge is 0.254 e. The average Bonchev–Trinajstić information content (AvgIpc) is 2.99. The van der Waals surface area contributed by atoms with E-state index in [1.807, 2.05) is 12.1 Å². The first-order valence-corrected chi connectivity index (χ1v) is 8.48. The molecule has 126 valence electrons. The van der Waals surface area contributed by atoms with E-state index in [1.54, 1.807) is 18.2 Å². The van der Waals surface area contributed by atoms with Crippen LogP contribution in [0.1, 0.15) is 23.7 Å². The second kappa shape index (κ2) is 7.32. The van der Waals surface area contributed by atoms with Crippen molar-refractivity contribution in [2.24, 2.45) is 5.92 Å². The lowest BCUT2D eigenvalue weighted by molar-refractivity contribution is 0.0944. The lowest BCUT2D eigenvalue weighted by Gasteiger charge is -2.11. The Bertz CT molecular complexity index is 733. The van der Waals surface area contributed by atoms with Gasteiger partial charge in [0.1, 0.15) is 5.82 Å². The van der Waals surface area contributed by atoms with Crippen molar-refractivity contribution in [3.63, 3.8) is 0 Å². The molecule has 1 heterocycles. The summed E-state index contributed by atoms with van der Waals surface area (Å²) in [6.45, 7) is 3.57. The highest BCUT2D eigenvalue weighted by molar-refractivity contribution is 6.30. The van der Waals surface area contributed by atoms with E-state index in [0.29, 0.717) is 23.5 Å². The maximum atomic E-state index is 14.3. The van der Waals surface area contributed by atoms with Crippen LogP contribution >= 0.6 is 11.6 Å². The molecule has 0 saturated carbocycles. The zero-order chi connectivity index (χ0) is 17.1. The number of rotatable bonds is 4. The predicted octanol–water partition coefficient (Wildman–Crippen LogP) is 3.87. The van der Waals surface area contributed by atoms with E-state index >= 15 is 0 Å². The van der Waals surface area contributed by atoms with Crippen LogP contribution in [-0.2, 0) is 0 Å².